The quantitative estimate of drug-likeness (QED) is 0.709. The third-order valence-electron chi connectivity index (χ3n) is 2.42. The zero-order valence-corrected chi connectivity index (χ0v) is 10.4. The summed E-state index contributed by atoms with van der Waals surface area (Å²) in [5, 5.41) is 0. The summed E-state index contributed by atoms with van der Waals surface area (Å²) in [5.41, 5.74) is -0.216. The van der Waals surface area contributed by atoms with Crippen LogP contribution in [0.3, 0.4) is 0 Å². The molecular weight excluding hydrogens is 224 g/mol. The first-order valence-electron chi connectivity index (χ1n) is 4.75. The third-order valence-corrected chi connectivity index (χ3v) is 5.05. The van der Waals surface area contributed by atoms with E-state index in [9.17, 15) is 8.42 Å². The highest BCUT2D eigenvalue weighted by atomic mass is 35.7. The zero-order valence-electron chi connectivity index (χ0n) is 8.84. The maximum Gasteiger partial charge on any atom is 0.238 e. The summed E-state index contributed by atoms with van der Waals surface area (Å²) in [4.78, 5) is 0. The van der Waals surface area contributed by atoms with Gasteiger partial charge in [-0.05, 0) is 40.0 Å². The largest absolute Gasteiger partial charge is 0.376 e. The Morgan fingerprint density at radius 1 is 1.36 bits per heavy atom. The van der Waals surface area contributed by atoms with Crippen molar-refractivity contribution in [3.05, 3.63) is 0 Å². The van der Waals surface area contributed by atoms with Crippen molar-refractivity contribution in [3.63, 3.8) is 0 Å². The highest BCUT2D eigenvalue weighted by Crippen LogP contribution is 2.48. The van der Waals surface area contributed by atoms with E-state index >= 15 is 0 Å². The van der Waals surface area contributed by atoms with Gasteiger partial charge in [-0.3, -0.25) is 0 Å². The summed E-state index contributed by atoms with van der Waals surface area (Å²) in [6, 6.07) is 0. The van der Waals surface area contributed by atoms with Gasteiger partial charge in [0.2, 0.25) is 9.05 Å². The van der Waals surface area contributed by atoms with E-state index in [0.717, 1.165) is 0 Å². The normalized spacial score (nSPS) is 20.9. The van der Waals surface area contributed by atoms with Crippen molar-refractivity contribution in [2.45, 2.75) is 50.4 Å². The molecule has 1 aliphatic rings. The predicted molar refractivity (Wildman–Crippen MR) is 57.1 cm³/mol. The van der Waals surface area contributed by atoms with Crippen LogP contribution in [0.15, 0.2) is 0 Å². The summed E-state index contributed by atoms with van der Waals surface area (Å²) in [7, 11) is 1.94. The van der Waals surface area contributed by atoms with Crippen molar-refractivity contribution in [1.82, 2.24) is 0 Å². The molecule has 1 fully saturated rings. The highest BCUT2D eigenvalue weighted by Gasteiger charge is 2.53. The molecule has 1 rings (SSSR count). The van der Waals surface area contributed by atoms with E-state index in [1.165, 1.54) is 0 Å². The molecule has 0 spiro atoms. The topological polar surface area (TPSA) is 43.4 Å². The van der Waals surface area contributed by atoms with Crippen molar-refractivity contribution < 1.29 is 13.2 Å². The van der Waals surface area contributed by atoms with Crippen molar-refractivity contribution in [2.24, 2.45) is 0 Å². The lowest BCUT2D eigenvalue weighted by molar-refractivity contribution is -0.00482. The molecule has 14 heavy (non-hydrogen) atoms. The minimum atomic E-state index is -3.42. The van der Waals surface area contributed by atoms with Gasteiger partial charge in [0.05, 0.1) is 10.3 Å². The Balaban J connectivity index is 2.40. The monoisotopic (exact) mass is 240 g/mol. The van der Waals surface area contributed by atoms with E-state index < -0.39 is 13.8 Å². The first kappa shape index (κ1) is 12.3. The van der Waals surface area contributed by atoms with E-state index in [2.05, 4.69) is 0 Å². The van der Waals surface area contributed by atoms with Crippen LogP contribution in [0.5, 0.6) is 0 Å². The van der Waals surface area contributed by atoms with Gasteiger partial charge in [0.1, 0.15) is 0 Å². The molecule has 1 aliphatic carbocycles. The number of ether oxygens (including phenoxy) is 1. The molecule has 0 atom stereocenters. The molecule has 0 aromatic carbocycles. The fraction of sp³-hybridized carbons (Fsp3) is 1.00. The Bertz CT molecular complexity index is 299. The molecule has 0 unspecified atom stereocenters. The summed E-state index contributed by atoms with van der Waals surface area (Å²) in [6.07, 6.45) is 1.86. The first-order chi connectivity index (χ1) is 6.16. The van der Waals surface area contributed by atoms with Gasteiger partial charge in [0.25, 0.3) is 0 Å². The molecule has 1 saturated carbocycles. The molecule has 0 aromatic heterocycles. The fourth-order valence-electron chi connectivity index (χ4n) is 1.30. The lowest BCUT2D eigenvalue weighted by Crippen LogP contribution is -2.25. The Labute approximate surface area is 90.2 Å². The number of halogens is 1. The van der Waals surface area contributed by atoms with E-state index in [1.807, 2.05) is 20.8 Å². The van der Waals surface area contributed by atoms with E-state index in [-0.39, 0.29) is 5.60 Å². The Morgan fingerprint density at radius 2 is 1.86 bits per heavy atom. The molecule has 0 N–H and O–H groups in total. The second-order valence-corrected chi connectivity index (χ2v) is 7.79. The second-order valence-electron chi connectivity index (χ2n) is 4.83. The minimum absolute atomic E-state index is 0.216. The summed E-state index contributed by atoms with van der Waals surface area (Å²) >= 11 is 0. The molecular formula is C9H17ClO3S. The van der Waals surface area contributed by atoms with E-state index in [0.29, 0.717) is 25.9 Å². The average molecular weight is 241 g/mol. The SMILES string of the molecule is CC(C)(C)OCCC1(S(=O)(=O)Cl)CC1. The Hall–Kier alpha value is 0.200. The van der Waals surface area contributed by atoms with Crippen LogP contribution < -0.4 is 0 Å². The van der Waals surface area contributed by atoms with Crippen LogP contribution in [-0.4, -0.2) is 25.4 Å². The van der Waals surface area contributed by atoms with Gasteiger partial charge in [-0.25, -0.2) is 8.42 Å². The summed E-state index contributed by atoms with van der Waals surface area (Å²) < 4.78 is 27.2. The molecule has 0 heterocycles. The highest BCUT2D eigenvalue weighted by molar-refractivity contribution is 8.15. The van der Waals surface area contributed by atoms with Gasteiger partial charge in [0, 0.05) is 17.3 Å². The predicted octanol–water partition coefficient (Wildman–Crippen LogP) is 2.29. The lowest BCUT2D eigenvalue weighted by atomic mass is 10.2. The molecule has 84 valence electrons. The van der Waals surface area contributed by atoms with Crippen molar-refractivity contribution in [2.75, 3.05) is 6.61 Å². The Kier molecular flexibility index (Phi) is 3.20. The molecule has 0 bridgehead atoms. The zero-order chi connectivity index (χ0) is 11.0. The Morgan fingerprint density at radius 3 is 2.14 bits per heavy atom. The fourth-order valence-corrected chi connectivity index (χ4v) is 2.91. The molecule has 0 aliphatic heterocycles. The van der Waals surface area contributed by atoms with Crippen LogP contribution in [0.1, 0.15) is 40.0 Å². The average Bonchev–Trinajstić information content (AvgIpc) is 2.63. The van der Waals surface area contributed by atoms with Crippen molar-refractivity contribution >= 4 is 19.7 Å². The molecule has 3 nitrogen and oxygen atoms in total. The van der Waals surface area contributed by atoms with Crippen molar-refractivity contribution in [3.8, 4) is 0 Å². The van der Waals surface area contributed by atoms with Crippen LogP contribution in [0.2, 0.25) is 0 Å². The van der Waals surface area contributed by atoms with Gasteiger partial charge in [-0.15, -0.1) is 0 Å². The van der Waals surface area contributed by atoms with Crippen LogP contribution in [0.25, 0.3) is 0 Å². The molecule has 0 radical (unpaired) electrons. The van der Waals surface area contributed by atoms with Crippen LogP contribution in [0, 0.1) is 0 Å². The maximum atomic E-state index is 11.2. The lowest BCUT2D eigenvalue weighted by Gasteiger charge is -2.21. The van der Waals surface area contributed by atoms with E-state index in [4.69, 9.17) is 15.4 Å². The number of rotatable bonds is 4. The smallest absolute Gasteiger partial charge is 0.238 e. The van der Waals surface area contributed by atoms with Crippen molar-refractivity contribution in [1.29, 1.82) is 0 Å². The van der Waals surface area contributed by atoms with Gasteiger partial charge >= 0.3 is 0 Å². The number of hydrogen-bond acceptors (Lipinski definition) is 3. The number of hydrogen-bond donors (Lipinski definition) is 0. The molecule has 0 saturated heterocycles. The summed E-state index contributed by atoms with van der Waals surface area (Å²) in [6.45, 7) is 6.29. The molecule has 5 heteroatoms. The maximum absolute atomic E-state index is 11.2. The standard InChI is InChI=1S/C9H17ClO3S/c1-8(2,3)13-7-6-9(4-5-9)14(10,11)12/h4-7H2,1-3H3. The minimum Gasteiger partial charge on any atom is -0.376 e. The van der Waals surface area contributed by atoms with Crippen LogP contribution >= 0.6 is 10.7 Å². The van der Waals surface area contributed by atoms with Crippen LogP contribution in [-0.2, 0) is 13.8 Å². The van der Waals surface area contributed by atoms with Gasteiger partial charge in [-0.2, -0.15) is 0 Å². The molecule has 0 amide bonds. The van der Waals surface area contributed by atoms with Gasteiger partial charge < -0.3 is 4.74 Å². The van der Waals surface area contributed by atoms with E-state index in [1.54, 1.807) is 0 Å². The van der Waals surface area contributed by atoms with Crippen LogP contribution in [0.4, 0.5) is 0 Å². The molecule has 0 aromatic rings. The first-order valence-corrected chi connectivity index (χ1v) is 7.05. The third kappa shape index (κ3) is 3.11. The van der Waals surface area contributed by atoms with Gasteiger partial charge in [0.15, 0.2) is 0 Å². The summed E-state index contributed by atoms with van der Waals surface area (Å²) in [5.74, 6) is 0. The van der Waals surface area contributed by atoms with Gasteiger partial charge in [-0.1, -0.05) is 0 Å². The second kappa shape index (κ2) is 3.65.